The lowest BCUT2D eigenvalue weighted by atomic mass is 9.91. The summed E-state index contributed by atoms with van der Waals surface area (Å²) in [5.74, 6) is 1.12. The van der Waals surface area contributed by atoms with Crippen molar-refractivity contribution in [2.24, 2.45) is 5.92 Å². The molecule has 0 saturated carbocycles. The fraction of sp³-hybridized carbons (Fsp3) is 0.692. The monoisotopic (exact) mass is 320 g/mol. The van der Waals surface area contributed by atoms with Crippen molar-refractivity contribution in [1.82, 2.24) is 9.62 Å². The van der Waals surface area contributed by atoms with Crippen LogP contribution in [0.1, 0.15) is 25.5 Å². The van der Waals surface area contributed by atoms with Crippen LogP contribution < -0.4 is 5.32 Å². The van der Waals surface area contributed by atoms with Crippen molar-refractivity contribution >= 4 is 21.6 Å². The zero-order chi connectivity index (χ0) is 14.8. The molecule has 20 heavy (non-hydrogen) atoms. The second kappa shape index (κ2) is 6.47. The van der Waals surface area contributed by atoms with Crippen LogP contribution in [-0.4, -0.2) is 38.1 Å². The van der Waals surface area contributed by atoms with Gasteiger partial charge in [0.2, 0.25) is 10.0 Å². The summed E-state index contributed by atoms with van der Waals surface area (Å²) in [5.41, 5.74) is 0. The number of rotatable bonds is 5. The van der Waals surface area contributed by atoms with Gasteiger partial charge in [-0.1, -0.05) is 13.3 Å². The summed E-state index contributed by atoms with van der Waals surface area (Å²) in [4.78, 5) is 0. The molecule has 2 rings (SSSR count). The molecule has 5 nitrogen and oxygen atoms in total. The van der Waals surface area contributed by atoms with E-state index < -0.39 is 10.0 Å². The molecule has 1 N–H and O–H groups in total. The molecule has 2 heterocycles. The number of furan rings is 1. The van der Waals surface area contributed by atoms with Gasteiger partial charge >= 0.3 is 0 Å². The van der Waals surface area contributed by atoms with Crippen LogP contribution in [0.3, 0.4) is 0 Å². The Morgan fingerprint density at radius 2 is 2.25 bits per heavy atom. The Bertz CT molecular complexity index is 544. The van der Waals surface area contributed by atoms with Gasteiger partial charge in [-0.05, 0) is 36.1 Å². The first-order valence-electron chi connectivity index (χ1n) is 6.83. The zero-order valence-electron chi connectivity index (χ0n) is 11.8. The zero-order valence-corrected chi connectivity index (χ0v) is 13.4. The molecular weight excluding hydrogens is 300 g/mol. The lowest BCUT2D eigenvalue weighted by molar-refractivity contribution is 0.199. The third-order valence-electron chi connectivity index (χ3n) is 3.86. The summed E-state index contributed by atoms with van der Waals surface area (Å²) in [7, 11) is -3.09. The van der Waals surface area contributed by atoms with Crippen LogP contribution in [0.5, 0.6) is 0 Å². The molecule has 1 saturated heterocycles. The SMILES string of the molecule is CC[C@H]1CN(S(C)(=O)=O)CC[C@@H]1NCc1ccc(Cl)o1. The van der Waals surface area contributed by atoms with Gasteiger partial charge in [-0.2, -0.15) is 0 Å². The van der Waals surface area contributed by atoms with Gasteiger partial charge in [0.15, 0.2) is 5.22 Å². The molecule has 1 fully saturated rings. The Hall–Kier alpha value is -0.560. The van der Waals surface area contributed by atoms with Crippen LogP contribution in [0.15, 0.2) is 16.5 Å². The van der Waals surface area contributed by atoms with E-state index >= 15 is 0 Å². The Morgan fingerprint density at radius 3 is 2.80 bits per heavy atom. The highest BCUT2D eigenvalue weighted by Crippen LogP contribution is 2.23. The van der Waals surface area contributed by atoms with E-state index in [4.69, 9.17) is 16.0 Å². The molecule has 2 atom stereocenters. The van der Waals surface area contributed by atoms with Crippen LogP contribution in [-0.2, 0) is 16.6 Å². The molecule has 0 aliphatic carbocycles. The molecule has 0 bridgehead atoms. The van der Waals surface area contributed by atoms with Crippen molar-refractivity contribution in [2.75, 3.05) is 19.3 Å². The number of piperidine rings is 1. The van der Waals surface area contributed by atoms with Crippen molar-refractivity contribution in [3.63, 3.8) is 0 Å². The molecule has 1 aliphatic rings. The highest BCUT2D eigenvalue weighted by Gasteiger charge is 2.31. The Morgan fingerprint density at radius 1 is 1.50 bits per heavy atom. The van der Waals surface area contributed by atoms with Crippen molar-refractivity contribution in [3.05, 3.63) is 23.1 Å². The van der Waals surface area contributed by atoms with Crippen LogP contribution in [0.2, 0.25) is 5.22 Å². The summed E-state index contributed by atoms with van der Waals surface area (Å²) in [6.07, 6.45) is 3.04. The summed E-state index contributed by atoms with van der Waals surface area (Å²) in [6.45, 7) is 3.87. The fourth-order valence-corrected chi connectivity index (χ4v) is 3.72. The van der Waals surface area contributed by atoms with E-state index in [0.29, 0.717) is 36.8 Å². The first kappa shape index (κ1) is 15.8. The van der Waals surface area contributed by atoms with Crippen LogP contribution in [0.25, 0.3) is 0 Å². The van der Waals surface area contributed by atoms with E-state index in [2.05, 4.69) is 12.2 Å². The number of hydrogen-bond donors (Lipinski definition) is 1. The maximum Gasteiger partial charge on any atom is 0.211 e. The van der Waals surface area contributed by atoms with Gasteiger partial charge in [-0.15, -0.1) is 0 Å². The van der Waals surface area contributed by atoms with E-state index in [1.165, 1.54) is 6.26 Å². The van der Waals surface area contributed by atoms with Gasteiger partial charge in [0, 0.05) is 19.1 Å². The van der Waals surface area contributed by atoms with E-state index in [1.807, 2.05) is 6.07 Å². The van der Waals surface area contributed by atoms with Gasteiger partial charge in [0.25, 0.3) is 0 Å². The van der Waals surface area contributed by atoms with Crippen LogP contribution in [0, 0.1) is 5.92 Å². The molecule has 0 spiro atoms. The predicted molar refractivity (Wildman–Crippen MR) is 79.2 cm³/mol. The second-order valence-electron chi connectivity index (χ2n) is 5.27. The summed E-state index contributed by atoms with van der Waals surface area (Å²) < 4.78 is 30.1. The minimum absolute atomic E-state index is 0.307. The van der Waals surface area contributed by atoms with Gasteiger partial charge in [-0.3, -0.25) is 0 Å². The van der Waals surface area contributed by atoms with Crippen molar-refractivity contribution in [1.29, 1.82) is 0 Å². The lowest BCUT2D eigenvalue weighted by Gasteiger charge is -2.37. The number of nitrogens with one attached hydrogen (secondary N) is 1. The first-order valence-corrected chi connectivity index (χ1v) is 9.05. The average molecular weight is 321 g/mol. The van der Waals surface area contributed by atoms with E-state index in [1.54, 1.807) is 10.4 Å². The van der Waals surface area contributed by atoms with E-state index in [0.717, 1.165) is 18.6 Å². The second-order valence-corrected chi connectivity index (χ2v) is 7.63. The maximum atomic E-state index is 11.6. The predicted octanol–water partition coefficient (Wildman–Crippen LogP) is 2.08. The summed E-state index contributed by atoms with van der Waals surface area (Å²) in [5, 5.41) is 3.84. The molecule has 0 unspecified atom stereocenters. The molecule has 1 aliphatic heterocycles. The van der Waals surface area contributed by atoms with Crippen molar-refractivity contribution in [3.8, 4) is 0 Å². The Labute approximate surface area is 125 Å². The summed E-state index contributed by atoms with van der Waals surface area (Å²) >= 11 is 5.74. The van der Waals surface area contributed by atoms with Gasteiger partial charge in [-0.25, -0.2) is 12.7 Å². The maximum absolute atomic E-state index is 11.6. The average Bonchev–Trinajstić information content (AvgIpc) is 2.81. The highest BCUT2D eigenvalue weighted by atomic mass is 35.5. The highest BCUT2D eigenvalue weighted by molar-refractivity contribution is 7.88. The molecular formula is C13H21ClN2O3S. The Kier molecular flexibility index (Phi) is 5.12. The molecule has 1 aromatic rings. The largest absolute Gasteiger partial charge is 0.448 e. The number of sulfonamides is 1. The third-order valence-corrected chi connectivity index (χ3v) is 5.33. The molecule has 0 amide bonds. The smallest absolute Gasteiger partial charge is 0.211 e. The lowest BCUT2D eigenvalue weighted by Crippen LogP contribution is -2.50. The van der Waals surface area contributed by atoms with Crippen LogP contribution >= 0.6 is 11.6 Å². The minimum atomic E-state index is -3.09. The standard InChI is InChI=1S/C13H21ClN2O3S/c1-3-10-9-16(20(2,17)18)7-6-12(10)15-8-11-4-5-13(14)19-11/h4-5,10,12,15H,3,6-9H2,1-2H3/t10-,12-/m0/s1. The number of nitrogens with zero attached hydrogens (tertiary/aromatic N) is 1. The van der Waals surface area contributed by atoms with Crippen molar-refractivity contribution in [2.45, 2.75) is 32.4 Å². The van der Waals surface area contributed by atoms with E-state index in [9.17, 15) is 8.42 Å². The number of hydrogen-bond acceptors (Lipinski definition) is 4. The number of halogens is 1. The van der Waals surface area contributed by atoms with Crippen molar-refractivity contribution < 1.29 is 12.8 Å². The van der Waals surface area contributed by atoms with Gasteiger partial charge in [0.1, 0.15) is 5.76 Å². The first-order chi connectivity index (χ1) is 9.40. The third kappa shape index (κ3) is 3.97. The molecule has 1 aromatic heterocycles. The minimum Gasteiger partial charge on any atom is -0.448 e. The normalized spacial score (nSPS) is 24.9. The Balaban J connectivity index is 1.92. The van der Waals surface area contributed by atoms with E-state index in [-0.39, 0.29) is 0 Å². The molecule has 114 valence electrons. The molecule has 7 heteroatoms. The summed E-state index contributed by atoms with van der Waals surface area (Å²) in [6, 6.07) is 3.88. The fourth-order valence-electron chi connectivity index (χ4n) is 2.66. The molecule has 0 aromatic carbocycles. The van der Waals surface area contributed by atoms with Crippen LogP contribution in [0.4, 0.5) is 0 Å². The van der Waals surface area contributed by atoms with Gasteiger partial charge in [0.05, 0.1) is 12.8 Å². The quantitative estimate of drug-likeness (QED) is 0.902. The molecule has 0 radical (unpaired) electrons. The topological polar surface area (TPSA) is 62.6 Å². The van der Waals surface area contributed by atoms with Gasteiger partial charge < -0.3 is 9.73 Å².